The van der Waals surface area contributed by atoms with Crippen LogP contribution in [0.25, 0.3) is 5.52 Å². The maximum atomic E-state index is 12.5. The van der Waals surface area contributed by atoms with E-state index in [1.165, 1.54) is 6.33 Å². The Morgan fingerprint density at radius 2 is 1.85 bits per heavy atom. The minimum Gasteiger partial charge on any atom is -0.307 e. The topological polar surface area (TPSA) is 51.4 Å². The van der Waals surface area contributed by atoms with E-state index in [0.717, 1.165) is 15.6 Å². The SMILES string of the molecule is Cc1ccc(S(=O)(=O)c2cc3cc(Br)cn3cn2)cc1. The van der Waals surface area contributed by atoms with Gasteiger partial charge in [-0.15, -0.1) is 0 Å². The van der Waals surface area contributed by atoms with Crippen LogP contribution in [-0.2, 0) is 9.84 Å². The summed E-state index contributed by atoms with van der Waals surface area (Å²) in [5, 5.41) is 0.0550. The zero-order chi connectivity index (χ0) is 14.3. The lowest BCUT2D eigenvalue weighted by Crippen LogP contribution is -2.05. The summed E-state index contributed by atoms with van der Waals surface area (Å²) >= 11 is 3.35. The molecule has 0 spiro atoms. The van der Waals surface area contributed by atoms with Gasteiger partial charge < -0.3 is 4.40 Å². The second-order valence-electron chi connectivity index (χ2n) is 4.53. The molecule has 0 bridgehead atoms. The maximum Gasteiger partial charge on any atom is 0.223 e. The van der Waals surface area contributed by atoms with Crippen LogP contribution in [0.5, 0.6) is 0 Å². The van der Waals surface area contributed by atoms with Gasteiger partial charge in [0.15, 0.2) is 5.03 Å². The van der Waals surface area contributed by atoms with E-state index >= 15 is 0 Å². The van der Waals surface area contributed by atoms with Gasteiger partial charge in [-0.1, -0.05) is 17.7 Å². The molecule has 0 amide bonds. The first kappa shape index (κ1) is 13.3. The van der Waals surface area contributed by atoms with E-state index in [0.29, 0.717) is 0 Å². The third-order valence-corrected chi connectivity index (χ3v) is 5.13. The maximum absolute atomic E-state index is 12.5. The summed E-state index contributed by atoms with van der Waals surface area (Å²) in [6.07, 6.45) is 3.33. The van der Waals surface area contributed by atoms with Crippen LogP contribution in [-0.4, -0.2) is 17.8 Å². The average Bonchev–Trinajstić information content (AvgIpc) is 2.78. The Morgan fingerprint density at radius 3 is 2.55 bits per heavy atom. The molecular weight excluding hydrogens is 340 g/mol. The molecule has 6 heteroatoms. The van der Waals surface area contributed by atoms with Crippen molar-refractivity contribution in [3.8, 4) is 0 Å². The van der Waals surface area contributed by atoms with Crippen molar-refractivity contribution in [3.05, 3.63) is 59.0 Å². The number of fused-ring (bicyclic) bond motifs is 1. The van der Waals surface area contributed by atoms with Gasteiger partial charge in [0, 0.05) is 16.7 Å². The van der Waals surface area contributed by atoms with Gasteiger partial charge in [-0.3, -0.25) is 0 Å². The van der Waals surface area contributed by atoms with E-state index in [2.05, 4.69) is 20.9 Å². The van der Waals surface area contributed by atoms with Crippen molar-refractivity contribution in [1.82, 2.24) is 9.38 Å². The summed E-state index contributed by atoms with van der Waals surface area (Å²) in [7, 11) is -3.58. The van der Waals surface area contributed by atoms with Gasteiger partial charge in [-0.2, -0.15) is 0 Å². The fraction of sp³-hybridized carbons (Fsp3) is 0.0714. The van der Waals surface area contributed by atoms with Crippen LogP contribution < -0.4 is 0 Å². The van der Waals surface area contributed by atoms with Gasteiger partial charge in [0.25, 0.3) is 0 Å². The number of hydrogen-bond acceptors (Lipinski definition) is 3. The number of aromatic nitrogens is 2. The number of aryl methyl sites for hydroxylation is 1. The van der Waals surface area contributed by atoms with Crippen molar-refractivity contribution in [1.29, 1.82) is 0 Å². The molecule has 2 aromatic heterocycles. The number of rotatable bonds is 2. The van der Waals surface area contributed by atoms with E-state index in [1.54, 1.807) is 34.7 Å². The molecule has 4 nitrogen and oxygen atoms in total. The molecule has 0 radical (unpaired) electrons. The second-order valence-corrected chi connectivity index (χ2v) is 7.35. The molecule has 102 valence electrons. The third-order valence-electron chi connectivity index (χ3n) is 3.03. The van der Waals surface area contributed by atoms with Gasteiger partial charge in [0.2, 0.25) is 9.84 Å². The number of sulfone groups is 1. The molecular formula is C14H11BrN2O2S. The highest BCUT2D eigenvalue weighted by Crippen LogP contribution is 2.22. The molecule has 0 saturated carbocycles. The van der Waals surface area contributed by atoms with Gasteiger partial charge in [0.05, 0.1) is 10.4 Å². The van der Waals surface area contributed by atoms with Crippen LogP contribution in [0.15, 0.2) is 63.3 Å². The zero-order valence-electron chi connectivity index (χ0n) is 10.6. The first-order valence-corrected chi connectivity index (χ1v) is 8.19. The molecule has 0 aliphatic heterocycles. The van der Waals surface area contributed by atoms with Gasteiger partial charge in [-0.05, 0) is 41.1 Å². The second kappa shape index (κ2) is 4.71. The average molecular weight is 351 g/mol. The number of hydrogen-bond donors (Lipinski definition) is 0. The lowest BCUT2D eigenvalue weighted by atomic mass is 10.2. The molecule has 2 heterocycles. The van der Waals surface area contributed by atoms with E-state index in [1.807, 2.05) is 19.2 Å². The predicted molar refractivity (Wildman–Crippen MR) is 79.5 cm³/mol. The first-order valence-electron chi connectivity index (χ1n) is 5.92. The minimum atomic E-state index is -3.58. The van der Waals surface area contributed by atoms with Crippen molar-refractivity contribution >= 4 is 31.3 Å². The fourth-order valence-electron chi connectivity index (χ4n) is 1.94. The Morgan fingerprint density at radius 1 is 1.15 bits per heavy atom. The minimum absolute atomic E-state index is 0.0550. The normalized spacial score (nSPS) is 11.9. The third kappa shape index (κ3) is 2.25. The highest BCUT2D eigenvalue weighted by Gasteiger charge is 2.19. The highest BCUT2D eigenvalue weighted by molar-refractivity contribution is 9.10. The molecule has 0 saturated heterocycles. The zero-order valence-corrected chi connectivity index (χ0v) is 13.0. The Balaban J connectivity index is 2.15. The molecule has 20 heavy (non-hydrogen) atoms. The molecule has 0 N–H and O–H groups in total. The largest absolute Gasteiger partial charge is 0.307 e. The summed E-state index contributed by atoms with van der Waals surface area (Å²) in [6, 6.07) is 10.2. The number of nitrogens with zero attached hydrogens (tertiary/aromatic N) is 2. The smallest absolute Gasteiger partial charge is 0.223 e. The van der Waals surface area contributed by atoms with Crippen LogP contribution in [0.1, 0.15) is 5.56 Å². The van der Waals surface area contributed by atoms with Crippen LogP contribution in [0.3, 0.4) is 0 Å². The van der Waals surface area contributed by atoms with E-state index in [4.69, 9.17) is 0 Å². The standard InChI is InChI=1S/C14H11BrN2O2S/c1-10-2-4-13(5-3-10)20(18,19)14-7-12-6-11(15)8-17(12)9-16-14/h2-9H,1H3. The first-order chi connectivity index (χ1) is 9.46. The summed E-state index contributed by atoms with van der Waals surface area (Å²) in [5.41, 5.74) is 1.79. The summed E-state index contributed by atoms with van der Waals surface area (Å²) in [4.78, 5) is 4.30. The van der Waals surface area contributed by atoms with E-state index < -0.39 is 9.84 Å². The Bertz CT molecular complexity index is 883. The fourth-order valence-corrected chi connectivity index (χ4v) is 3.60. The van der Waals surface area contributed by atoms with E-state index in [-0.39, 0.29) is 9.92 Å². The van der Waals surface area contributed by atoms with Gasteiger partial charge >= 0.3 is 0 Å². The monoisotopic (exact) mass is 350 g/mol. The molecule has 3 rings (SSSR count). The molecule has 0 unspecified atom stereocenters. The van der Waals surface area contributed by atoms with Gasteiger partial charge in [-0.25, -0.2) is 13.4 Å². The molecule has 1 aromatic carbocycles. The summed E-state index contributed by atoms with van der Waals surface area (Å²) in [6.45, 7) is 1.92. The number of benzene rings is 1. The highest BCUT2D eigenvalue weighted by atomic mass is 79.9. The summed E-state index contributed by atoms with van der Waals surface area (Å²) < 4.78 is 27.7. The number of halogens is 1. The van der Waals surface area contributed by atoms with Gasteiger partial charge in [0.1, 0.15) is 6.33 Å². The quantitative estimate of drug-likeness (QED) is 0.666. The van der Waals surface area contributed by atoms with Crippen LogP contribution in [0, 0.1) is 6.92 Å². The van der Waals surface area contributed by atoms with Crippen LogP contribution in [0.4, 0.5) is 0 Å². The molecule has 0 atom stereocenters. The Hall–Kier alpha value is -1.66. The lowest BCUT2D eigenvalue weighted by Gasteiger charge is -2.05. The van der Waals surface area contributed by atoms with Crippen molar-refractivity contribution in [2.75, 3.05) is 0 Å². The molecule has 0 aliphatic carbocycles. The molecule has 0 fully saturated rings. The lowest BCUT2D eigenvalue weighted by molar-refractivity contribution is 0.592. The summed E-state index contributed by atoms with van der Waals surface area (Å²) in [5.74, 6) is 0. The van der Waals surface area contributed by atoms with Crippen molar-refractivity contribution in [3.63, 3.8) is 0 Å². The van der Waals surface area contributed by atoms with Crippen LogP contribution >= 0.6 is 15.9 Å². The predicted octanol–water partition coefficient (Wildman–Crippen LogP) is 3.24. The Kier molecular flexibility index (Phi) is 3.14. The Labute approximate surface area is 125 Å². The molecule has 0 aliphatic rings. The van der Waals surface area contributed by atoms with Crippen molar-refractivity contribution in [2.45, 2.75) is 16.8 Å². The van der Waals surface area contributed by atoms with E-state index in [9.17, 15) is 8.42 Å². The molecule has 3 aromatic rings. The van der Waals surface area contributed by atoms with Crippen LogP contribution in [0.2, 0.25) is 0 Å². The van der Waals surface area contributed by atoms with Crippen molar-refractivity contribution < 1.29 is 8.42 Å². The van der Waals surface area contributed by atoms with Crippen molar-refractivity contribution in [2.24, 2.45) is 0 Å².